The van der Waals surface area contributed by atoms with Crippen LogP contribution in [-0.2, 0) is 0 Å². The van der Waals surface area contributed by atoms with E-state index in [9.17, 15) is 19.5 Å². The molecule has 4 amide bonds. The van der Waals surface area contributed by atoms with E-state index in [1.807, 2.05) is 62.4 Å². The van der Waals surface area contributed by atoms with Crippen LogP contribution in [0.25, 0.3) is 33.4 Å². The molecule has 0 spiro atoms. The molecule has 0 saturated heterocycles. The first kappa shape index (κ1) is 30.9. The summed E-state index contributed by atoms with van der Waals surface area (Å²) >= 11 is 0. The van der Waals surface area contributed by atoms with Gasteiger partial charge in [-0.15, -0.1) is 0 Å². The molecule has 0 fully saturated rings. The van der Waals surface area contributed by atoms with Crippen LogP contribution in [0.3, 0.4) is 0 Å². The maximum atomic E-state index is 12.3. The lowest BCUT2D eigenvalue weighted by molar-refractivity contribution is 0.0697. The Morgan fingerprint density at radius 3 is 2.28 bits per heavy atom. The molecule has 0 unspecified atom stereocenters. The van der Waals surface area contributed by atoms with Gasteiger partial charge < -0.3 is 35.7 Å². The highest BCUT2D eigenvalue weighted by atomic mass is 16.4. The van der Waals surface area contributed by atoms with Crippen LogP contribution in [-0.4, -0.2) is 76.5 Å². The van der Waals surface area contributed by atoms with Gasteiger partial charge in [0.1, 0.15) is 17.9 Å². The number of anilines is 1. The second-order valence-corrected chi connectivity index (χ2v) is 9.86. The summed E-state index contributed by atoms with van der Waals surface area (Å²) in [6.45, 7) is 7.62. The van der Waals surface area contributed by atoms with Gasteiger partial charge in [-0.3, -0.25) is 0 Å². The molecule has 11 nitrogen and oxygen atoms in total. The third kappa shape index (κ3) is 7.06. The van der Waals surface area contributed by atoms with Gasteiger partial charge in [0.2, 0.25) is 5.36 Å². The van der Waals surface area contributed by atoms with Crippen molar-refractivity contribution in [3.8, 4) is 22.5 Å². The van der Waals surface area contributed by atoms with Gasteiger partial charge in [-0.05, 0) is 43.7 Å². The zero-order valence-electron chi connectivity index (χ0n) is 25.0. The number of carboxylic acids is 1. The van der Waals surface area contributed by atoms with Crippen LogP contribution in [0.5, 0.6) is 0 Å². The van der Waals surface area contributed by atoms with E-state index in [0.29, 0.717) is 56.2 Å². The zero-order valence-corrected chi connectivity index (χ0v) is 25.0. The van der Waals surface area contributed by atoms with Crippen molar-refractivity contribution in [3.63, 3.8) is 0 Å². The molecule has 0 radical (unpaired) electrons. The molecule has 0 saturated carbocycles. The molecule has 2 aliphatic rings. The van der Waals surface area contributed by atoms with Crippen LogP contribution in [0, 0.1) is 0 Å². The van der Waals surface area contributed by atoms with Crippen molar-refractivity contribution >= 4 is 34.7 Å². The normalized spacial score (nSPS) is 11.6. The Kier molecular flexibility index (Phi) is 10.2. The van der Waals surface area contributed by atoms with Gasteiger partial charge in [-0.1, -0.05) is 18.2 Å². The summed E-state index contributed by atoms with van der Waals surface area (Å²) in [6.07, 6.45) is 0. The summed E-state index contributed by atoms with van der Waals surface area (Å²) in [4.78, 5) is 37.7. The van der Waals surface area contributed by atoms with Gasteiger partial charge in [-0.2, -0.15) is 0 Å². The average Bonchev–Trinajstić information content (AvgIpc) is 3.03. The van der Waals surface area contributed by atoms with Gasteiger partial charge in [-0.25, -0.2) is 19.0 Å². The number of hydrogen-bond donors (Lipinski definition) is 5. The number of nitrogens with one attached hydrogen (secondary N) is 4. The van der Waals surface area contributed by atoms with E-state index in [2.05, 4.69) is 30.7 Å². The van der Waals surface area contributed by atoms with E-state index in [-0.39, 0.29) is 17.6 Å². The van der Waals surface area contributed by atoms with E-state index in [4.69, 9.17) is 4.42 Å². The Labute approximate surface area is 250 Å². The number of benzene rings is 3. The van der Waals surface area contributed by atoms with Gasteiger partial charge in [0.15, 0.2) is 6.54 Å². The van der Waals surface area contributed by atoms with E-state index in [0.717, 1.165) is 27.6 Å². The number of amides is 4. The van der Waals surface area contributed by atoms with E-state index < -0.39 is 5.97 Å². The quantitative estimate of drug-likeness (QED) is 0.135. The van der Waals surface area contributed by atoms with Crippen molar-refractivity contribution in [2.45, 2.75) is 13.8 Å². The molecule has 4 rings (SSSR count). The molecule has 5 N–H and O–H groups in total. The molecule has 2 aromatic carbocycles. The minimum Gasteiger partial charge on any atom is -0.478 e. The molecule has 0 atom stereocenters. The SMILES string of the molecule is CCN(CCNC(=O)NC)c1ccc2c(-c3ccccc3C(=O)O)c3cc/c(=[N+](/CC)CCNC(=O)NC)cc-3oc2c1. The summed E-state index contributed by atoms with van der Waals surface area (Å²) in [6, 6.07) is 18.4. The summed E-state index contributed by atoms with van der Waals surface area (Å²) in [5.41, 5.74) is 3.90. The second kappa shape index (κ2) is 14.2. The third-order valence-electron chi connectivity index (χ3n) is 7.40. The smallest absolute Gasteiger partial charge is 0.336 e. The number of rotatable bonds is 11. The fourth-order valence-corrected chi connectivity index (χ4v) is 5.16. The van der Waals surface area contributed by atoms with Crippen LogP contribution in [0.4, 0.5) is 15.3 Å². The van der Waals surface area contributed by atoms with Crippen molar-refractivity contribution in [1.82, 2.24) is 25.8 Å². The summed E-state index contributed by atoms with van der Waals surface area (Å²) < 4.78 is 8.67. The first-order valence-electron chi connectivity index (χ1n) is 14.4. The number of nitrogens with zero attached hydrogens (tertiary/aromatic N) is 2. The number of hydrogen-bond acceptors (Lipinski definition) is 5. The number of urea groups is 2. The Bertz CT molecular complexity index is 1660. The predicted molar refractivity (Wildman–Crippen MR) is 169 cm³/mol. The summed E-state index contributed by atoms with van der Waals surface area (Å²) in [5.74, 6) is -0.396. The Balaban J connectivity index is 1.89. The molecule has 43 heavy (non-hydrogen) atoms. The maximum absolute atomic E-state index is 12.3. The maximum Gasteiger partial charge on any atom is 0.336 e. The van der Waals surface area contributed by atoms with Crippen LogP contribution in [0.2, 0.25) is 0 Å². The van der Waals surface area contributed by atoms with Crippen LogP contribution >= 0.6 is 0 Å². The zero-order chi connectivity index (χ0) is 30.9. The van der Waals surface area contributed by atoms with E-state index in [1.54, 1.807) is 26.2 Å². The second-order valence-electron chi connectivity index (χ2n) is 9.86. The van der Waals surface area contributed by atoms with Gasteiger partial charge >= 0.3 is 18.0 Å². The minimum absolute atomic E-state index is 0.204. The molecule has 0 aromatic heterocycles. The number of likely N-dealkylation sites (N-methyl/N-ethyl adjacent to an activating group) is 2. The lowest BCUT2D eigenvalue weighted by Crippen LogP contribution is -2.40. The lowest BCUT2D eigenvalue weighted by atomic mass is 9.90. The standard InChI is InChI=1S/C32H38N6O5/c1-5-37(17-15-35-31(41)33-3)21-11-13-25-27(19-21)43-28-20-22(38(6-2)18-16-36-32(42)34-4)12-14-26(28)29(25)23-9-7-8-10-24(23)30(39)40/h7-14,19-20H,5-6,15-18H2,1-4H3,(H4-,33,34,35,36,39,40,41,42)/p+1. The Morgan fingerprint density at radius 2 is 1.60 bits per heavy atom. The Hall–Kier alpha value is -5.06. The molecule has 11 heteroatoms. The van der Waals surface area contributed by atoms with Crippen molar-refractivity contribution in [2.24, 2.45) is 0 Å². The average molecular weight is 588 g/mol. The van der Waals surface area contributed by atoms with Gasteiger partial charge in [0, 0.05) is 68.1 Å². The van der Waals surface area contributed by atoms with Gasteiger partial charge in [0.25, 0.3) is 0 Å². The molecular weight excluding hydrogens is 548 g/mol. The summed E-state index contributed by atoms with van der Waals surface area (Å²) in [5, 5.41) is 22.5. The third-order valence-corrected chi connectivity index (χ3v) is 7.40. The highest BCUT2D eigenvalue weighted by Crippen LogP contribution is 2.42. The van der Waals surface area contributed by atoms with Crippen molar-refractivity contribution in [1.29, 1.82) is 0 Å². The van der Waals surface area contributed by atoms with Gasteiger partial charge in [0.05, 0.1) is 18.2 Å². The fraction of sp³-hybridized carbons (Fsp3) is 0.312. The van der Waals surface area contributed by atoms with E-state index in [1.165, 1.54) is 0 Å². The van der Waals surface area contributed by atoms with Crippen LogP contribution in [0.15, 0.2) is 65.1 Å². The molecule has 1 heterocycles. The molecule has 0 bridgehead atoms. The highest BCUT2D eigenvalue weighted by molar-refractivity contribution is 6.07. The van der Waals surface area contributed by atoms with Crippen molar-refractivity contribution in [2.75, 3.05) is 58.3 Å². The first-order chi connectivity index (χ1) is 20.8. The number of carbonyl (C=O) groups is 3. The molecule has 1 aliphatic heterocycles. The summed E-state index contributed by atoms with van der Waals surface area (Å²) in [7, 11) is 3.16. The van der Waals surface area contributed by atoms with E-state index >= 15 is 0 Å². The van der Waals surface area contributed by atoms with Crippen LogP contribution < -0.4 is 36.1 Å². The highest BCUT2D eigenvalue weighted by Gasteiger charge is 2.22. The number of carbonyl (C=O) groups excluding carboxylic acids is 2. The monoisotopic (exact) mass is 587 g/mol. The van der Waals surface area contributed by atoms with Crippen LogP contribution in [0.1, 0.15) is 24.2 Å². The van der Waals surface area contributed by atoms with Crippen molar-refractivity contribution in [3.05, 3.63) is 71.6 Å². The lowest BCUT2D eigenvalue weighted by Gasteiger charge is -2.24. The minimum atomic E-state index is -1.01. The topological polar surface area (TPSA) is 139 Å². The molecule has 226 valence electrons. The number of carboxylic acid groups (broad SMARTS) is 1. The van der Waals surface area contributed by atoms with Crippen molar-refractivity contribution < 1.29 is 23.9 Å². The first-order valence-corrected chi connectivity index (χ1v) is 14.4. The number of fused-ring (bicyclic) bond motifs is 2. The number of aromatic carboxylic acids is 1. The molecular formula is C32H39N6O5+. The molecule has 2 aromatic rings. The fourth-order valence-electron chi connectivity index (χ4n) is 5.16. The Morgan fingerprint density at radius 1 is 0.884 bits per heavy atom. The molecule has 1 aliphatic carbocycles. The predicted octanol–water partition coefficient (Wildman–Crippen LogP) is 3.38. The largest absolute Gasteiger partial charge is 0.478 e.